The standard InChI is InChI=1S/C22H26BrNO5/c1-4-28-10-11-29-22(26)19-13(2)24-16-6-5-7-17(25)21(16)20(19)14-8-9-18(27-3)15(23)12-14/h8-9,12,19-20H,4-7,10-11H2,1-3H3/t19?,20-/m0/s1. The van der Waals surface area contributed by atoms with Crippen LogP contribution in [0.2, 0.25) is 0 Å². The van der Waals surface area contributed by atoms with Gasteiger partial charge in [0.1, 0.15) is 18.3 Å². The van der Waals surface area contributed by atoms with E-state index in [1.54, 1.807) is 7.11 Å². The van der Waals surface area contributed by atoms with Gasteiger partial charge in [-0.05, 0) is 60.3 Å². The molecule has 3 rings (SSSR count). The summed E-state index contributed by atoms with van der Waals surface area (Å²) in [5.41, 5.74) is 2.98. The summed E-state index contributed by atoms with van der Waals surface area (Å²) in [5.74, 6) is -0.691. The summed E-state index contributed by atoms with van der Waals surface area (Å²) in [4.78, 5) is 30.5. The van der Waals surface area contributed by atoms with Gasteiger partial charge in [-0.3, -0.25) is 14.6 Å². The number of aliphatic imine (C=N–C) groups is 1. The largest absolute Gasteiger partial charge is 0.496 e. The van der Waals surface area contributed by atoms with Crippen molar-refractivity contribution < 1.29 is 23.8 Å². The molecule has 0 saturated heterocycles. The topological polar surface area (TPSA) is 74.2 Å². The molecule has 0 spiro atoms. The number of ether oxygens (including phenoxy) is 3. The summed E-state index contributed by atoms with van der Waals surface area (Å²) in [6.07, 6.45) is 2.02. The van der Waals surface area contributed by atoms with Crippen LogP contribution in [-0.4, -0.2) is 44.4 Å². The first-order valence-corrected chi connectivity index (χ1v) is 10.7. The number of carbonyl (C=O) groups excluding carboxylic acids is 2. The summed E-state index contributed by atoms with van der Waals surface area (Å²) in [5, 5.41) is 0. The van der Waals surface area contributed by atoms with Crippen molar-refractivity contribution in [3.63, 3.8) is 0 Å². The van der Waals surface area contributed by atoms with E-state index in [2.05, 4.69) is 20.9 Å². The Balaban J connectivity index is 2.00. The molecule has 1 aromatic rings. The Morgan fingerprint density at radius 2 is 2.07 bits per heavy atom. The van der Waals surface area contributed by atoms with E-state index >= 15 is 0 Å². The van der Waals surface area contributed by atoms with Crippen LogP contribution in [0, 0.1) is 5.92 Å². The third kappa shape index (κ3) is 4.61. The lowest BCUT2D eigenvalue weighted by Gasteiger charge is -2.34. The van der Waals surface area contributed by atoms with Gasteiger partial charge in [-0.25, -0.2) is 0 Å². The molecule has 1 unspecified atom stereocenters. The van der Waals surface area contributed by atoms with Crippen molar-refractivity contribution in [1.29, 1.82) is 0 Å². The zero-order chi connectivity index (χ0) is 21.0. The van der Waals surface area contributed by atoms with Crippen LogP contribution in [0.15, 0.2) is 38.9 Å². The average Bonchev–Trinajstić information content (AvgIpc) is 2.70. The Kier molecular flexibility index (Phi) is 7.24. The lowest BCUT2D eigenvalue weighted by atomic mass is 9.72. The summed E-state index contributed by atoms with van der Waals surface area (Å²) in [7, 11) is 1.60. The van der Waals surface area contributed by atoms with Crippen LogP contribution in [0.4, 0.5) is 0 Å². The van der Waals surface area contributed by atoms with E-state index < -0.39 is 11.8 Å². The number of Topliss-reactive ketones (excluding diaryl/α,β-unsaturated/α-hetero) is 1. The average molecular weight is 464 g/mol. The maximum atomic E-state index is 13.0. The zero-order valence-corrected chi connectivity index (χ0v) is 18.6. The number of ketones is 1. The number of hydrogen-bond acceptors (Lipinski definition) is 6. The Labute approximate surface area is 179 Å². The van der Waals surface area contributed by atoms with Crippen LogP contribution in [-0.2, 0) is 19.1 Å². The van der Waals surface area contributed by atoms with Crippen LogP contribution in [0.5, 0.6) is 5.75 Å². The van der Waals surface area contributed by atoms with Gasteiger partial charge in [0.15, 0.2) is 5.78 Å². The van der Waals surface area contributed by atoms with Gasteiger partial charge in [0, 0.05) is 35.9 Å². The second-order valence-electron chi connectivity index (χ2n) is 7.10. The molecule has 0 amide bonds. The molecule has 0 N–H and O–H groups in total. The molecule has 2 atom stereocenters. The second-order valence-corrected chi connectivity index (χ2v) is 7.96. The number of allylic oxidation sites excluding steroid dienone is 2. The van der Waals surface area contributed by atoms with Gasteiger partial charge in [-0.15, -0.1) is 0 Å². The highest BCUT2D eigenvalue weighted by molar-refractivity contribution is 9.10. The minimum Gasteiger partial charge on any atom is -0.496 e. The normalized spacial score (nSPS) is 21.5. The fraction of sp³-hybridized carbons (Fsp3) is 0.500. The van der Waals surface area contributed by atoms with Gasteiger partial charge in [-0.2, -0.15) is 0 Å². The predicted octanol–water partition coefficient (Wildman–Crippen LogP) is 4.22. The number of methoxy groups -OCH3 is 1. The van der Waals surface area contributed by atoms with Crippen molar-refractivity contribution in [1.82, 2.24) is 0 Å². The molecular formula is C22H26BrNO5. The highest BCUT2D eigenvalue weighted by atomic mass is 79.9. The highest BCUT2D eigenvalue weighted by Crippen LogP contribution is 2.44. The molecule has 0 saturated carbocycles. The molecule has 29 heavy (non-hydrogen) atoms. The molecule has 0 fully saturated rings. The van der Waals surface area contributed by atoms with Crippen LogP contribution in [0.25, 0.3) is 0 Å². The van der Waals surface area contributed by atoms with Gasteiger partial charge in [0.2, 0.25) is 0 Å². The van der Waals surface area contributed by atoms with Crippen molar-refractivity contribution in [2.75, 3.05) is 26.9 Å². The smallest absolute Gasteiger partial charge is 0.315 e. The lowest BCUT2D eigenvalue weighted by Crippen LogP contribution is -2.37. The molecular weight excluding hydrogens is 438 g/mol. The molecule has 0 bridgehead atoms. The monoisotopic (exact) mass is 463 g/mol. The Morgan fingerprint density at radius 1 is 1.28 bits per heavy atom. The number of nitrogens with zero attached hydrogens (tertiary/aromatic N) is 1. The first kappa shape index (κ1) is 21.7. The van der Waals surface area contributed by atoms with Gasteiger partial charge in [0.25, 0.3) is 0 Å². The van der Waals surface area contributed by atoms with Crippen LogP contribution in [0.3, 0.4) is 0 Å². The Hall–Kier alpha value is -1.99. The Bertz CT molecular complexity index is 861. The number of rotatable bonds is 7. The fourth-order valence-electron chi connectivity index (χ4n) is 3.98. The maximum Gasteiger partial charge on any atom is 0.315 e. The molecule has 1 aliphatic heterocycles. The van der Waals surface area contributed by atoms with Gasteiger partial charge in [-0.1, -0.05) is 6.07 Å². The van der Waals surface area contributed by atoms with E-state index in [1.807, 2.05) is 32.0 Å². The number of hydrogen-bond donors (Lipinski definition) is 0. The van der Waals surface area contributed by atoms with E-state index in [0.717, 1.165) is 28.6 Å². The van der Waals surface area contributed by atoms with Gasteiger partial charge < -0.3 is 14.2 Å². The van der Waals surface area contributed by atoms with Crippen molar-refractivity contribution >= 4 is 33.4 Å². The summed E-state index contributed by atoms with van der Waals surface area (Å²) < 4.78 is 16.8. The Morgan fingerprint density at radius 3 is 2.76 bits per heavy atom. The van der Waals surface area contributed by atoms with Crippen molar-refractivity contribution in [2.45, 2.75) is 39.0 Å². The van der Waals surface area contributed by atoms with E-state index in [9.17, 15) is 9.59 Å². The lowest BCUT2D eigenvalue weighted by molar-refractivity contribution is -0.148. The van der Waals surface area contributed by atoms with E-state index in [1.165, 1.54) is 0 Å². The first-order valence-electron chi connectivity index (χ1n) is 9.87. The zero-order valence-electron chi connectivity index (χ0n) is 17.0. The molecule has 7 heteroatoms. The fourth-order valence-corrected chi connectivity index (χ4v) is 4.54. The molecule has 1 aromatic carbocycles. The number of esters is 1. The molecule has 1 heterocycles. The maximum absolute atomic E-state index is 13.0. The molecule has 0 aromatic heterocycles. The van der Waals surface area contributed by atoms with E-state index in [4.69, 9.17) is 14.2 Å². The van der Waals surface area contributed by atoms with Crippen molar-refractivity contribution in [3.05, 3.63) is 39.5 Å². The van der Waals surface area contributed by atoms with E-state index in [-0.39, 0.29) is 18.4 Å². The van der Waals surface area contributed by atoms with Crippen LogP contribution in [0.1, 0.15) is 44.6 Å². The molecule has 156 valence electrons. The number of halogens is 1. The molecule has 1 aliphatic carbocycles. The quantitative estimate of drug-likeness (QED) is 0.446. The van der Waals surface area contributed by atoms with Crippen molar-refractivity contribution in [2.24, 2.45) is 10.9 Å². The third-order valence-corrected chi connectivity index (χ3v) is 5.92. The van der Waals surface area contributed by atoms with Crippen molar-refractivity contribution in [3.8, 4) is 5.75 Å². The summed E-state index contributed by atoms with van der Waals surface area (Å²) in [6.45, 7) is 4.81. The SMILES string of the molecule is CCOCCOC(=O)C1C(C)=NC2=C(C(=O)CCC2)[C@H]1c1ccc(OC)c(Br)c1. The van der Waals surface area contributed by atoms with Crippen LogP contribution < -0.4 is 4.74 Å². The predicted molar refractivity (Wildman–Crippen MR) is 113 cm³/mol. The van der Waals surface area contributed by atoms with E-state index in [0.29, 0.717) is 36.7 Å². The second kappa shape index (κ2) is 9.67. The summed E-state index contributed by atoms with van der Waals surface area (Å²) >= 11 is 3.52. The molecule has 6 nitrogen and oxygen atoms in total. The minimum absolute atomic E-state index is 0.0616. The number of benzene rings is 1. The summed E-state index contributed by atoms with van der Waals surface area (Å²) in [6, 6.07) is 5.65. The molecule has 2 aliphatic rings. The molecule has 0 radical (unpaired) electrons. The first-order chi connectivity index (χ1) is 14.0. The van der Waals surface area contributed by atoms with Gasteiger partial charge >= 0.3 is 5.97 Å². The third-order valence-electron chi connectivity index (χ3n) is 5.30. The van der Waals surface area contributed by atoms with Gasteiger partial charge in [0.05, 0.1) is 18.2 Å². The minimum atomic E-state index is -0.641. The van der Waals surface area contributed by atoms with Crippen LogP contribution >= 0.6 is 15.9 Å². The highest BCUT2D eigenvalue weighted by Gasteiger charge is 2.43. The number of carbonyl (C=O) groups is 2.